The first-order chi connectivity index (χ1) is 12.9. The Balaban J connectivity index is 1.60. The zero-order valence-electron chi connectivity index (χ0n) is 16.2. The maximum Gasteiger partial charge on any atom is 0.251 e. The molecule has 0 aliphatic carbocycles. The average Bonchev–Trinajstić information content (AvgIpc) is 3.13. The van der Waals surface area contributed by atoms with Crippen LogP contribution in [0.4, 0.5) is 0 Å². The number of hydrogen-bond donors (Lipinski definition) is 1. The van der Waals surface area contributed by atoms with Gasteiger partial charge in [-0.2, -0.15) is 0 Å². The number of carbonyl (C=O) groups excluding carboxylic acids is 1. The third-order valence-corrected chi connectivity index (χ3v) is 5.08. The number of pyridine rings is 1. The van der Waals surface area contributed by atoms with Crippen LogP contribution in [0.5, 0.6) is 0 Å². The molecule has 1 aromatic heterocycles. The second-order valence-corrected chi connectivity index (χ2v) is 7.25. The van der Waals surface area contributed by atoms with Crippen LogP contribution in [0.25, 0.3) is 0 Å². The Kier molecular flexibility index (Phi) is 6.24. The number of Topliss-reactive ketones (excluding diaryl/α,β-unsaturated/α-hetero) is 1. The molecule has 0 bridgehead atoms. The van der Waals surface area contributed by atoms with Gasteiger partial charge < -0.3 is 14.5 Å². The molecule has 144 valence electrons. The first-order valence-electron chi connectivity index (χ1n) is 9.50. The molecule has 0 amide bonds. The molecule has 0 spiro atoms. The molecular weight excluding hydrogens is 342 g/mol. The Labute approximate surface area is 159 Å². The number of rotatable bonds is 7. The van der Waals surface area contributed by atoms with E-state index >= 15 is 0 Å². The maximum absolute atomic E-state index is 12.5. The molecule has 3 rings (SSSR count). The number of aromatic amines is 1. The quantitative estimate of drug-likeness (QED) is 0.756. The summed E-state index contributed by atoms with van der Waals surface area (Å²) in [6.07, 6.45) is 1.81. The minimum absolute atomic E-state index is 0.0328. The molecule has 1 aliphatic rings. The summed E-state index contributed by atoms with van der Waals surface area (Å²) in [5, 5.41) is 0. The van der Waals surface area contributed by atoms with Crippen molar-refractivity contribution in [2.45, 2.75) is 52.2 Å². The van der Waals surface area contributed by atoms with Gasteiger partial charge in [-0.15, -0.1) is 0 Å². The first-order valence-corrected chi connectivity index (χ1v) is 9.50. The van der Waals surface area contributed by atoms with Crippen molar-refractivity contribution in [1.29, 1.82) is 0 Å². The fourth-order valence-corrected chi connectivity index (χ4v) is 3.50. The van der Waals surface area contributed by atoms with Gasteiger partial charge in [-0.25, -0.2) is 0 Å². The van der Waals surface area contributed by atoms with Gasteiger partial charge in [-0.05, 0) is 50.8 Å². The van der Waals surface area contributed by atoms with Gasteiger partial charge in [0.15, 0.2) is 5.78 Å². The van der Waals surface area contributed by atoms with E-state index in [0.717, 1.165) is 29.8 Å². The highest BCUT2D eigenvalue weighted by molar-refractivity contribution is 5.96. The molecule has 1 N–H and O–H groups in total. The van der Waals surface area contributed by atoms with Gasteiger partial charge in [-0.3, -0.25) is 9.59 Å². The topological polar surface area (TPSA) is 68.4 Å². The molecule has 1 aliphatic heterocycles. The van der Waals surface area contributed by atoms with Crippen molar-refractivity contribution in [3.05, 3.63) is 68.6 Å². The van der Waals surface area contributed by atoms with E-state index in [2.05, 4.69) is 4.98 Å². The zero-order valence-corrected chi connectivity index (χ0v) is 16.2. The molecule has 0 radical (unpaired) electrons. The number of H-pyrrole nitrogens is 1. The molecule has 1 aromatic carbocycles. The summed E-state index contributed by atoms with van der Waals surface area (Å²) in [4.78, 5) is 27.4. The average molecular weight is 369 g/mol. The van der Waals surface area contributed by atoms with Gasteiger partial charge in [0, 0.05) is 29.8 Å². The van der Waals surface area contributed by atoms with E-state index in [1.807, 2.05) is 51.1 Å². The van der Waals surface area contributed by atoms with Crippen LogP contribution >= 0.6 is 0 Å². The van der Waals surface area contributed by atoms with Crippen LogP contribution < -0.4 is 5.56 Å². The molecule has 0 saturated carbocycles. The van der Waals surface area contributed by atoms with E-state index in [4.69, 9.17) is 9.47 Å². The number of nitrogens with one attached hydrogen (secondary N) is 1. The first kappa shape index (κ1) is 19.5. The largest absolute Gasteiger partial charge is 0.379 e. The number of aromatic nitrogens is 1. The number of ketones is 1. The van der Waals surface area contributed by atoms with E-state index < -0.39 is 0 Å². The second-order valence-electron chi connectivity index (χ2n) is 7.25. The molecule has 27 heavy (non-hydrogen) atoms. The van der Waals surface area contributed by atoms with Crippen LogP contribution in [-0.4, -0.2) is 30.1 Å². The number of carbonyl (C=O) groups is 1. The van der Waals surface area contributed by atoms with Gasteiger partial charge in [0.25, 0.3) is 5.56 Å². The fraction of sp³-hybridized carbons (Fsp3) is 0.455. The van der Waals surface area contributed by atoms with E-state index in [1.54, 1.807) is 0 Å². The van der Waals surface area contributed by atoms with Gasteiger partial charge in [-0.1, -0.05) is 24.3 Å². The van der Waals surface area contributed by atoms with E-state index in [9.17, 15) is 9.59 Å². The van der Waals surface area contributed by atoms with Crippen molar-refractivity contribution >= 4 is 5.78 Å². The van der Waals surface area contributed by atoms with Crippen LogP contribution in [0.3, 0.4) is 0 Å². The lowest BCUT2D eigenvalue weighted by Gasteiger charge is -2.18. The van der Waals surface area contributed by atoms with Gasteiger partial charge in [0.05, 0.1) is 18.8 Å². The molecule has 1 fully saturated rings. The van der Waals surface area contributed by atoms with Crippen molar-refractivity contribution < 1.29 is 14.3 Å². The molecule has 2 aromatic rings. The number of hydrogen-bond acceptors (Lipinski definition) is 4. The Morgan fingerprint density at radius 1 is 1.30 bits per heavy atom. The minimum atomic E-state index is -0.0995. The highest BCUT2D eigenvalue weighted by atomic mass is 16.5. The second kappa shape index (κ2) is 8.63. The molecule has 2 heterocycles. The van der Waals surface area contributed by atoms with Crippen LogP contribution in [0.2, 0.25) is 0 Å². The van der Waals surface area contributed by atoms with Crippen LogP contribution in [-0.2, 0) is 15.9 Å². The summed E-state index contributed by atoms with van der Waals surface area (Å²) in [5.41, 5.74) is 4.06. The number of ether oxygens (including phenoxy) is 2. The predicted octanol–water partition coefficient (Wildman–Crippen LogP) is 3.67. The van der Waals surface area contributed by atoms with Crippen LogP contribution in [0, 0.1) is 13.8 Å². The molecule has 0 unspecified atom stereocenters. The summed E-state index contributed by atoms with van der Waals surface area (Å²) >= 11 is 0. The standard InChI is InChI=1S/C22H27NO4/c1-14-12-15(2)23-22(25)20(14)8-9-21(24)18-6-4-17(5-7-18)16(3)27-19-10-11-26-13-19/h4-7,12,16,19H,8-11,13H2,1-3H3,(H,23,25)/t16-,19-/m0/s1. The Morgan fingerprint density at radius 3 is 2.67 bits per heavy atom. The Morgan fingerprint density at radius 2 is 2.04 bits per heavy atom. The lowest BCUT2D eigenvalue weighted by molar-refractivity contribution is -0.00767. The fourth-order valence-electron chi connectivity index (χ4n) is 3.50. The molecule has 1 saturated heterocycles. The van der Waals surface area contributed by atoms with Gasteiger partial charge >= 0.3 is 0 Å². The summed E-state index contributed by atoms with van der Waals surface area (Å²) in [7, 11) is 0. The summed E-state index contributed by atoms with van der Waals surface area (Å²) in [6, 6.07) is 9.51. The SMILES string of the molecule is Cc1cc(C)c(CCC(=O)c2ccc([C@H](C)O[C@H]3CCOC3)cc2)c(=O)[nH]1. The predicted molar refractivity (Wildman–Crippen MR) is 104 cm³/mol. The molecule has 2 atom stereocenters. The van der Waals surface area contributed by atoms with E-state index in [1.165, 1.54) is 0 Å². The summed E-state index contributed by atoms with van der Waals surface area (Å²) < 4.78 is 11.3. The van der Waals surface area contributed by atoms with Crippen molar-refractivity contribution in [2.75, 3.05) is 13.2 Å². The number of benzene rings is 1. The highest BCUT2D eigenvalue weighted by Crippen LogP contribution is 2.22. The van der Waals surface area contributed by atoms with Crippen molar-refractivity contribution in [2.24, 2.45) is 0 Å². The molecule has 5 heteroatoms. The number of aryl methyl sites for hydroxylation is 2. The third-order valence-electron chi connectivity index (χ3n) is 5.08. The highest BCUT2D eigenvalue weighted by Gasteiger charge is 2.20. The van der Waals surface area contributed by atoms with Crippen molar-refractivity contribution in [3.63, 3.8) is 0 Å². The van der Waals surface area contributed by atoms with Crippen molar-refractivity contribution in [1.82, 2.24) is 4.98 Å². The molecule has 5 nitrogen and oxygen atoms in total. The van der Waals surface area contributed by atoms with Crippen LogP contribution in [0.15, 0.2) is 35.1 Å². The third kappa shape index (κ3) is 4.93. The van der Waals surface area contributed by atoms with Gasteiger partial charge in [0.1, 0.15) is 0 Å². The Bertz CT molecular complexity index is 848. The molecular formula is C22H27NO4. The minimum Gasteiger partial charge on any atom is -0.379 e. The smallest absolute Gasteiger partial charge is 0.251 e. The zero-order chi connectivity index (χ0) is 19.4. The van der Waals surface area contributed by atoms with E-state index in [0.29, 0.717) is 30.6 Å². The van der Waals surface area contributed by atoms with Crippen LogP contribution in [0.1, 0.15) is 58.6 Å². The maximum atomic E-state index is 12.5. The summed E-state index contributed by atoms with van der Waals surface area (Å²) in [6.45, 7) is 7.19. The summed E-state index contributed by atoms with van der Waals surface area (Å²) in [5.74, 6) is 0.0405. The lowest BCUT2D eigenvalue weighted by Crippen LogP contribution is -2.17. The van der Waals surface area contributed by atoms with Gasteiger partial charge in [0.2, 0.25) is 0 Å². The Hall–Kier alpha value is -2.24. The van der Waals surface area contributed by atoms with E-state index in [-0.39, 0.29) is 23.6 Å². The lowest BCUT2D eigenvalue weighted by atomic mass is 9.99. The normalized spacial score (nSPS) is 17.8. The van der Waals surface area contributed by atoms with Crippen molar-refractivity contribution in [3.8, 4) is 0 Å². The monoisotopic (exact) mass is 369 g/mol.